The summed E-state index contributed by atoms with van der Waals surface area (Å²) in [6, 6.07) is 22.6. The summed E-state index contributed by atoms with van der Waals surface area (Å²) >= 11 is 0. The number of hydrogen-bond donors (Lipinski definition) is 2. The molecule has 2 aromatic carbocycles. The number of anilines is 2. The molecule has 1 amide bonds. The van der Waals surface area contributed by atoms with E-state index in [0.717, 1.165) is 28.1 Å². The summed E-state index contributed by atoms with van der Waals surface area (Å²) in [6.45, 7) is 2.69. The summed E-state index contributed by atoms with van der Waals surface area (Å²) in [6.07, 6.45) is 3.79. The van der Waals surface area contributed by atoms with E-state index in [-0.39, 0.29) is 18.1 Å². The number of carbonyl (C=O) groups excluding carboxylic acids is 2. The molecule has 1 atom stereocenters. The maximum absolute atomic E-state index is 13.4. The van der Waals surface area contributed by atoms with Crippen LogP contribution < -0.4 is 10.6 Å². The van der Waals surface area contributed by atoms with Gasteiger partial charge in [-0.25, -0.2) is 4.98 Å². The smallest absolute Gasteiger partial charge is 0.229 e. The van der Waals surface area contributed by atoms with E-state index in [2.05, 4.69) is 26.3 Å². The first-order valence-electron chi connectivity index (χ1n) is 10.9. The standard InChI is InChI=1S/C27H24N4O2/c1-18-7-2-3-8-19(18)15-25(32)30-24-13-12-20(16-28-24)27(33)26-23-11-6-14-31(23)17-21-9-4-5-10-22(21)29-26/h2-14,16,26,29H,15,17H2,1H3,(H,28,30,32). The summed E-state index contributed by atoms with van der Waals surface area (Å²) in [5.41, 5.74) is 5.53. The van der Waals surface area contributed by atoms with Crippen LogP contribution in [0, 0.1) is 6.92 Å². The van der Waals surface area contributed by atoms with Gasteiger partial charge in [-0.15, -0.1) is 0 Å². The Balaban J connectivity index is 1.33. The first-order chi connectivity index (χ1) is 16.1. The summed E-state index contributed by atoms with van der Waals surface area (Å²) in [5, 5.41) is 6.23. The largest absolute Gasteiger partial charge is 0.370 e. The van der Waals surface area contributed by atoms with E-state index in [0.29, 0.717) is 17.9 Å². The lowest BCUT2D eigenvalue weighted by atomic mass is 10.0. The van der Waals surface area contributed by atoms with Crippen LogP contribution in [0.1, 0.15) is 38.8 Å². The maximum Gasteiger partial charge on any atom is 0.229 e. The number of hydrogen-bond acceptors (Lipinski definition) is 4. The van der Waals surface area contributed by atoms with Gasteiger partial charge in [-0.05, 0) is 53.9 Å². The number of benzene rings is 2. The van der Waals surface area contributed by atoms with Crippen molar-refractivity contribution in [3.8, 4) is 0 Å². The zero-order valence-electron chi connectivity index (χ0n) is 18.3. The number of nitrogens with one attached hydrogen (secondary N) is 2. The molecule has 1 unspecified atom stereocenters. The van der Waals surface area contributed by atoms with E-state index in [9.17, 15) is 9.59 Å². The van der Waals surface area contributed by atoms with Gasteiger partial charge in [0.25, 0.3) is 0 Å². The Kier molecular flexibility index (Phi) is 5.48. The van der Waals surface area contributed by atoms with Crippen LogP contribution in [0.2, 0.25) is 0 Å². The lowest BCUT2D eigenvalue weighted by Crippen LogP contribution is -2.22. The number of aromatic nitrogens is 2. The number of pyridine rings is 1. The van der Waals surface area contributed by atoms with Crippen LogP contribution in [0.5, 0.6) is 0 Å². The molecule has 1 aliphatic rings. The molecule has 0 fully saturated rings. The van der Waals surface area contributed by atoms with Gasteiger partial charge < -0.3 is 15.2 Å². The molecule has 6 nitrogen and oxygen atoms in total. The third-order valence-electron chi connectivity index (χ3n) is 6.01. The molecule has 0 bridgehead atoms. The van der Waals surface area contributed by atoms with E-state index in [4.69, 9.17) is 0 Å². The van der Waals surface area contributed by atoms with Crippen molar-refractivity contribution in [2.75, 3.05) is 10.6 Å². The zero-order valence-corrected chi connectivity index (χ0v) is 18.3. The summed E-state index contributed by atoms with van der Waals surface area (Å²) < 4.78 is 2.09. The fourth-order valence-corrected chi connectivity index (χ4v) is 4.19. The van der Waals surface area contributed by atoms with Crippen molar-refractivity contribution in [3.63, 3.8) is 0 Å². The van der Waals surface area contributed by atoms with Gasteiger partial charge in [-0.1, -0.05) is 42.5 Å². The number of Topliss-reactive ketones (excluding diaryl/α,β-unsaturated/α-hetero) is 1. The summed E-state index contributed by atoms with van der Waals surface area (Å²) in [7, 11) is 0. The normalized spacial score (nSPS) is 14.4. The molecule has 6 heteroatoms. The lowest BCUT2D eigenvalue weighted by Gasteiger charge is -2.18. The minimum Gasteiger partial charge on any atom is -0.370 e. The minimum atomic E-state index is -0.521. The molecular weight excluding hydrogens is 412 g/mol. The highest BCUT2D eigenvalue weighted by molar-refractivity contribution is 6.02. The molecule has 0 saturated carbocycles. The van der Waals surface area contributed by atoms with Gasteiger partial charge in [0.1, 0.15) is 11.9 Å². The molecule has 5 rings (SSSR count). The highest BCUT2D eigenvalue weighted by atomic mass is 16.1. The molecule has 0 aliphatic carbocycles. The topological polar surface area (TPSA) is 76.0 Å². The van der Waals surface area contributed by atoms with Crippen molar-refractivity contribution in [2.45, 2.75) is 25.9 Å². The van der Waals surface area contributed by atoms with Crippen molar-refractivity contribution in [2.24, 2.45) is 0 Å². The van der Waals surface area contributed by atoms with Crippen molar-refractivity contribution in [3.05, 3.63) is 113 Å². The molecule has 2 N–H and O–H groups in total. The molecular formula is C27H24N4O2. The molecule has 3 heterocycles. The average molecular weight is 437 g/mol. The Morgan fingerprint density at radius 3 is 2.67 bits per heavy atom. The van der Waals surface area contributed by atoms with Crippen LogP contribution >= 0.6 is 0 Å². The third-order valence-corrected chi connectivity index (χ3v) is 6.01. The van der Waals surface area contributed by atoms with Gasteiger partial charge in [0.15, 0.2) is 5.78 Å². The number of ketones is 1. The van der Waals surface area contributed by atoms with Gasteiger partial charge in [0.2, 0.25) is 5.91 Å². The van der Waals surface area contributed by atoms with Gasteiger partial charge in [0, 0.05) is 35.9 Å². The number of carbonyl (C=O) groups is 2. The predicted octanol–water partition coefficient (Wildman–Crippen LogP) is 4.77. The predicted molar refractivity (Wildman–Crippen MR) is 128 cm³/mol. The fourth-order valence-electron chi connectivity index (χ4n) is 4.19. The molecule has 1 aliphatic heterocycles. The molecule has 164 valence electrons. The minimum absolute atomic E-state index is 0.0723. The molecule has 0 radical (unpaired) electrons. The second-order valence-corrected chi connectivity index (χ2v) is 8.24. The maximum atomic E-state index is 13.4. The number of rotatable bonds is 5. The number of fused-ring (bicyclic) bond motifs is 2. The van der Waals surface area contributed by atoms with Crippen LogP contribution in [0.25, 0.3) is 0 Å². The van der Waals surface area contributed by atoms with E-state index >= 15 is 0 Å². The lowest BCUT2D eigenvalue weighted by molar-refractivity contribution is -0.115. The summed E-state index contributed by atoms with van der Waals surface area (Å²) in [4.78, 5) is 30.2. The van der Waals surface area contributed by atoms with E-state index < -0.39 is 6.04 Å². The van der Waals surface area contributed by atoms with E-state index in [1.54, 1.807) is 12.1 Å². The second kappa shape index (κ2) is 8.74. The highest BCUT2D eigenvalue weighted by Gasteiger charge is 2.28. The fraction of sp³-hybridized carbons (Fsp3) is 0.148. The van der Waals surface area contributed by atoms with Crippen molar-refractivity contribution < 1.29 is 9.59 Å². The van der Waals surface area contributed by atoms with Crippen molar-refractivity contribution in [1.82, 2.24) is 9.55 Å². The van der Waals surface area contributed by atoms with Gasteiger partial charge >= 0.3 is 0 Å². The number of amides is 1. The highest BCUT2D eigenvalue weighted by Crippen LogP contribution is 2.31. The van der Waals surface area contributed by atoms with Crippen LogP contribution in [-0.4, -0.2) is 21.2 Å². The molecule has 4 aromatic rings. The van der Waals surface area contributed by atoms with Gasteiger partial charge in [-0.2, -0.15) is 0 Å². The van der Waals surface area contributed by atoms with Crippen molar-refractivity contribution >= 4 is 23.2 Å². The van der Waals surface area contributed by atoms with Crippen LogP contribution in [0.3, 0.4) is 0 Å². The van der Waals surface area contributed by atoms with Crippen LogP contribution in [0.15, 0.2) is 85.2 Å². The van der Waals surface area contributed by atoms with Gasteiger partial charge in [-0.3, -0.25) is 9.59 Å². The Labute approximate surface area is 192 Å². The molecule has 0 saturated heterocycles. The van der Waals surface area contributed by atoms with E-state index in [1.807, 2.05) is 67.7 Å². The second-order valence-electron chi connectivity index (χ2n) is 8.24. The first-order valence-corrected chi connectivity index (χ1v) is 10.9. The Morgan fingerprint density at radius 2 is 1.85 bits per heavy atom. The Bertz CT molecular complexity index is 1320. The molecule has 33 heavy (non-hydrogen) atoms. The van der Waals surface area contributed by atoms with Crippen LogP contribution in [0.4, 0.5) is 11.5 Å². The molecule has 2 aromatic heterocycles. The number of aryl methyl sites for hydroxylation is 1. The summed E-state index contributed by atoms with van der Waals surface area (Å²) in [5.74, 6) is 0.209. The van der Waals surface area contributed by atoms with Crippen LogP contribution in [-0.2, 0) is 17.8 Å². The van der Waals surface area contributed by atoms with Gasteiger partial charge in [0.05, 0.1) is 6.42 Å². The molecule has 0 spiro atoms. The quantitative estimate of drug-likeness (QED) is 0.442. The Hall–Kier alpha value is -4.19. The number of nitrogens with zero attached hydrogens (tertiary/aromatic N) is 2. The SMILES string of the molecule is Cc1ccccc1CC(=O)Nc1ccc(C(=O)C2Nc3ccccc3Cn3cccc32)cn1. The zero-order chi connectivity index (χ0) is 22.8. The number of para-hydroxylation sites is 1. The van der Waals surface area contributed by atoms with Crippen molar-refractivity contribution in [1.29, 1.82) is 0 Å². The first kappa shape index (κ1) is 20.7. The monoisotopic (exact) mass is 436 g/mol. The Morgan fingerprint density at radius 1 is 1.03 bits per heavy atom. The average Bonchev–Trinajstić information content (AvgIpc) is 3.21. The van der Waals surface area contributed by atoms with E-state index in [1.165, 1.54) is 6.20 Å². The third kappa shape index (κ3) is 4.28.